The fourth-order valence-electron chi connectivity index (χ4n) is 1.48. The summed E-state index contributed by atoms with van der Waals surface area (Å²) in [6, 6.07) is 0. The summed E-state index contributed by atoms with van der Waals surface area (Å²) in [7, 11) is 0. The van der Waals surface area contributed by atoms with Crippen LogP contribution < -0.4 is 5.32 Å². The van der Waals surface area contributed by atoms with Crippen LogP contribution in [-0.4, -0.2) is 36.7 Å². The van der Waals surface area contributed by atoms with Crippen LogP contribution in [0.15, 0.2) is 0 Å². The standard InChI is InChI=1S/C11H19NO4/c1-11(2,10(14)15)7-12-9(13)8-4-3-5-16-6-8/h8H,3-7H2,1-2H3,(H,12,13)(H,14,15). The molecular weight excluding hydrogens is 210 g/mol. The molecule has 2 N–H and O–H groups in total. The lowest BCUT2D eigenvalue weighted by molar-refractivity contribution is -0.147. The maximum atomic E-state index is 11.7. The van der Waals surface area contributed by atoms with Crippen molar-refractivity contribution in [3.63, 3.8) is 0 Å². The second kappa shape index (κ2) is 5.30. The van der Waals surface area contributed by atoms with Crippen LogP contribution in [0.25, 0.3) is 0 Å². The van der Waals surface area contributed by atoms with Crippen molar-refractivity contribution in [3.05, 3.63) is 0 Å². The SMILES string of the molecule is CC(C)(CNC(=O)C1CCCOC1)C(=O)O. The Kier molecular flexibility index (Phi) is 4.29. The van der Waals surface area contributed by atoms with Crippen LogP contribution in [0, 0.1) is 11.3 Å². The van der Waals surface area contributed by atoms with Gasteiger partial charge in [-0.3, -0.25) is 9.59 Å². The van der Waals surface area contributed by atoms with Gasteiger partial charge in [0.05, 0.1) is 17.9 Å². The minimum atomic E-state index is -0.925. The van der Waals surface area contributed by atoms with E-state index < -0.39 is 11.4 Å². The molecule has 5 heteroatoms. The van der Waals surface area contributed by atoms with Crippen molar-refractivity contribution in [1.29, 1.82) is 0 Å². The molecule has 1 aliphatic rings. The van der Waals surface area contributed by atoms with Gasteiger partial charge in [-0.1, -0.05) is 0 Å². The topological polar surface area (TPSA) is 75.6 Å². The number of carbonyl (C=O) groups is 2. The summed E-state index contributed by atoms with van der Waals surface area (Å²) in [6.45, 7) is 4.49. The Hall–Kier alpha value is -1.10. The van der Waals surface area contributed by atoms with E-state index in [1.165, 1.54) is 0 Å². The summed E-state index contributed by atoms with van der Waals surface area (Å²) in [5, 5.41) is 11.6. The molecule has 0 aliphatic carbocycles. The second-order valence-corrected chi connectivity index (χ2v) is 4.82. The monoisotopic (exact) mass is 229 g/mol. The molecule has 0 aromatic carbocycles. The Morgan fingerprint density at radius 3 is 2.69 bits per heavy atom. The van der Waals surface area contributed by atoms with Crippen LogP contribution in [0.3, 0.4) is 0 Å². The van der Waals surface area contributed by atoms with E-state index >= 15 is 0 Å². The highest BCUT2D eigenvalue weighted by molar-refractivity contribution is 5.80. The van der Waals surface area contributed by atoms with Gasteiger partial charge in [0.25, 0.3) is 0 Å². The lowest BCUT2D eigenvalue weighted by atomic mass is 9.93. The van der Waals surface area contributed by atoms with Gasteiger partial charge in [0.15, 0.2) is 0 Å². The molecule has 0 aromatic heterocycles. The molecular formula is C11H19NO4. The van der Waals surface area contributed by atoms with Crippen LogP contribution >= 0.6 is 0 Å². The van der Waals surface area contributed by atoms with Crippen LogP contribution in [-0.2, 0) is 14.3 Å². The van der Waals surface area contributed by atoms with E-state index in [1.54, 1.807) is 13.8 Å². The fraction of sp³-hybridized carbons (Fsp3) is 0.818. The van der Waals surface area contributed by atoms with E-state index in [2.05, 4.69) is 5.32 Å². The number of nitrogens with one attached hydrogen (secondary N) is 1. The van der Waals surface area contributed by atoms with Gasteiger partial charge in [-0.05, 0) is 26.7 Å². The number of rotatable bonds is 4. The molecule has 1 unspecified atom stereocenters. The van der Waals surface area contributed by atoms with Gasteiger partial charge in [-0.15, -0.1) is 0 Å². The minimum Gasteiger partial charge on any atom is -0.481 e. The molecule has 1 fully saturated rings. The lowest BCUT2D eigenvalue weighted by Gasteiger charge is -2.24. The highest BCUT2D eigenvalue weighted by Crippen LogP contribution is 2.16. The van der Waals surface area contributed by atoms with E-state index in [0.717, 1.165) is 12.8 Å². The van der Waals surface area contributed by atoms with E-state index in [1.807, 2.05) is 0 Å². The molecule has 0 bridgehead atoms. The number of carboxylic acid groups (broad SMARTS) is 1. The van der Waals surface area contributed by atoms with Crippen molar-refractivity contribution < 1.29 is 19.4 Å². The number of carboxylic acids is 1. The van der Waals surface area contributed by atoms with Gasteiger partial charge in [-0.2, -0.15) is 0 Å². The van der Waals surface area contributed by atoms with Gasteiger partial charge < -0.3 is 15.2 Å². The van der Waals surface area contributed by atoms with Crippen molar-refractivity contribution >= 4 is 11.9 Å². The van der Waals surface area contributed by atoms with E-state index in [4.69, 9.17) is 9.84 Å². The van der Waals surface area contributed by atoms with Crippen molar-refractivity contribution in [2.75, 3.05) is 19.8 Å². The number of aliphatic carboxylic acids is 1. The van der Waals surface area contributed by atoms with Crippen molar-refractivity contribution in [1.82, 2.24) is 5.32 Å². The Labute approximate surface area is 95.2 Å². The normalized spacial score (nSPS) is 21.5. The Balaban J connectivity index is 2.37. The molecule has 0 radical (unpaired) electrons. The summed E-state index contributed by atoms with van der Waals surface area (Å²) < 4.78 is 5.21. The van der Waals surface area contributed by atoms with Crippen LogP contribution in [0.5, 0.6) is 0 Å². The zero-order valence-corrected chi connectivity index (χ0v) is 9.78. The Morgan fingerprint density at radius 1 is 1.50 bits per heavy atom. The fourth-order valence-corrected chi connectivity index (χ4v) is 1.48. The first-order valence-electron chi connectivity index (χ1n) is 5.52. The van der Waals surface area contributed by atoms with Gasteiger partial charge >= 0.3 is 5.97 Å². The first kappa shape index (κ1) is 13.0. The highest BCUT2D eigenvalue weighted by Gasteiger charge is 2.29. The molecule has 1 saturated heterocycles. The maximum Gasteiger partial charge on any atom is 0.310 e. The molecule has 1 rings (SSSR count). The maximum absolute atomic E-state index is 11.7. The molecule has 92 valence electrons. The average molecular weight is 229 g/mol. The minimum absolute atomic E-state index is 0.103. The van der Waals surface area contributed by atoms with Crippen LogP contribution in [0.1, 0.15) is 26.7 Å². The number of hydrogen-bond acceptors (Lipinski definition) is 3. The number of hydrogen-bond donors (Lipinski definition) is 2. The molecule has 0 spiro atoms. The first-order chi connectivity index (χ1) is 7.43. The Morgan fingerprint density at radius 2 is 2.19 bits per heavy atom. The smallest absolute Gasteiger partial charge is 0.310 e. The second-order valence-electron chi connectivity index (χ2n) is 4.82. The zero-order valence-electron chi connectivity index (χ0n) is 9.78. The van der Waals surface area contributed by atoms with Crippen molar-refractivity contribution in [2.24, 2.45) is 11.3 Å². The third-order valence-corrected chi connectivity index (χ3v) is 2.81. The average Bonchev–Trinajstić information content (AvgIpc) is 2.27. The van der Waals surface area contributed by atoms with E-state index in [-0.39, 0.29) is 18.4 Å². The number of ether oxygens (including phenoxy) is 1. The molecule has 0 saturated carbocycles. The Bertz CT molecular complexity index is 269. The molecule has 5 nitrogen and oxygen atoms in total. The summed E-state index contributed by atoms with van der Waals surface area (Å²) in [6.07, 6.45) is 1.71. The third kappa shape index (κ3) is 3.48. The van der Waals surface area contributed by atoms with E-state index in [0.29, 0.717) is 13.2 Å². The van der Waals surface area contributed by atoms with Crippen LogP contribution in [0.4, 0.5) is 0 Å². The van der Waals surface area contributed by atoms with Crippen LogP contribution in [0.2, 0.25) is 0 Å². The summed E-state index contributed by atoms with van der Waals surface area (Å²) in [5.41, 5.74) is -0.925. The molecule has 1 atom stereocenters. The summed E-state index contributed by atoms with van der Waals surface area (Å²) in [4.78, 5) is 22.5. The molecule has 1 aliphatic heterocycles. The highest BCUT2D eigenvalue weighted by atomic mass is 16.5. The molecule has 1 amide bonds. The number of carbonyl (C=O) groups excluding carboxylic acids is 1. The molecule has 1 heterocycles. The predicted molar refractivity (Wildman–Crippen MR) is 58.0 cm³/mol. The van der Waals surface area contributed by atoms with Gasteiger partial charge in [0.1, 0.15) is 0 Å². The predicted octanol–water partition coefficient (Wildman–Crippen LogP) is 0.640. The largest absolute Gasteiger partial charge is 0.481 e. The van der Waals surface area contributed by atoms with Crippen molar-refractivity contribution in [2.45, 2.75) is 26.7 Å². The third-order valence-electron chi connectivity index (χ3n) is 2.81. The lowest BCUT2D eigenvalue weighted by Crippen LogP contribution is -2.43. The van der Waals surface area contributed by atoms with E-state index in [9.17, 15) is 9.59 Å². The van der Waals surface area contributed by atoms with Gasteiger partial charge in [-0.25, -0.2) is 0 Å². The quantitative estimate of drug-likeness (QED) is 0.741. The summed E-state index contributed by atoms with van der Waals surface area (Å²) in [5.74, 6) is -1.14. The zero-order chi connectivity index (χ0) is 12.2. The summed E-state index contributed by atoms with van der Waals surface area (Å²) >= 11 is 0. The number of amides is 1. The molecule has 0 aromatic rings. The molecule has 16 heavy (non-hydrogen) atoms. The van der Waals surface area contributed by atoms with Gasteiger partial charge in [0.2, 0.25) is 5.91 Å². The first-order valence-corrected chi connectivity index (χ1v) is 5.52. The van der Waals surface area contributed by atoms with Crippen molar-refractivity contribution in [3.8, 4) is 0 Å². The van der Waals surface area contributed by atoms with Gasteiger partial charge in [0, 0.05) is 13.2 Å².